The lowest BCUT2D eigenvalue weighted by atomic mass is 10.1. The Morgan fingerprint density at radius 2 is 1.96 bits per heavy atom. The third kappa shape index (κ3) is 3.69. The van der Waals surface area contributed by atoms with Gasteiger partial charge in [0, 0.05) is 19.7 Å². The van der Waals surface area contributed by atoms with Crippen molar-refractivity contribution < 1.29 is 17.7 Å². The van der Waals surface area contributed by atoms with Crippen LogP contribution in [0.1, 0.15) is 31.1 Å². The highest BCUT2D eigenvalue weighted by Gasteiger charge is 2.36. The van der Waals surface area contributed by atoms with Gasteiger partial charge in [-0.1, -0.05) is 19.0 Å². The molecule has 2 aromatic rings. The van der Waals surface area contributed by atoms with Crippen molar-refractivity contribution in [2.24, 2.45) is 13.0 Å². The Hall–Kier alpha value is -2.39. The molecule has 7 nitrogen and oxygen atoms in total. The molecule has 0 aliphatic rings. The zero-order valence-electron chi connectivity index (χ0n) is 12.7. The van der Waals surface area contributed by atoms with Crippen LogP contribution in [0.2, 0.25) is 0 Å². The van der Waals surface area contributed by atoms with E-state index in [9.17, 15) is 22.8 Å². The predicted molar refractivity (Wildman–Crippen MR) is 72.9 cm³/mol. The van der Waals surface area contributed by atoms with Gasteiger partial charge in [0.2, 0.25) is 5.89 Å². The van der Waals surface area contributed by atoms with Gasteiger partial charge in [-0.15, -0.1) is 0 Å². The summed E-state index contributed by atoms with van der Waals surface area (Å²) < 4.78 is 44.6. The number of hydrogen-bond donors (Lipinski definition) is 0. The number of hydrogen-bond acceptors (Lipinski definition) is 5. The van der Waals surface area contributed by atoms with Crippen molar-refractivity contribution in [3.05, 3.63) is 44.3 Å². The molecule has 2 heterocycles. The van der Waals surface area contributed by atoms with Crippen LogP contribution in [-0.2, 0) is 26.2 Å². The standard InChI is InChI=1S/C13H15F3N4O3/c1-7(2)4-9-17-10(23-18-9)6-20-11(21)8(13(14,15)16)5-19(3)12(20)22/h5,7H,4,6H2,1-3H3. The van der Waals surface area contributed by atoms with Crippen LogP contribution in [0.15, 0.2) is 20.3 Å². The molecule has 0 radical (unpaired) electrons. The first-order valence-electron chi connectivity index (χ1n) is 6.78. The number of alkyl halides is 3. The molecule has 0 spiro atoms. The van der Waals surface area contributed by atoms with Gasteiger partial charge >= 0.3 is 11.9 Å². The molecule has 0 N–H and O–H groups in total. The van der Waals surface area contributed by atoms with E-state index in [1.54, 1.807) is 0 Å². The summed E-state index contributed by atoms with van der Waals surface area (Å²) in [6, 6.07) is 0. The number of aryl methyl sites for hydroxylation is 1. The smallest absolute Gasteiger partial charge is 0.337 e. The highest BCUT2D eigenvalue weighted by molar-refractivity contribution is 5.10. The first kappa shape index (κ1) is 17.0. The Balaban J connectivity index is 2.44. The van der Waals surface area contributed by atoms with E-state index in [1.807, 2.05) is 13.8 Å². The Morgan fingerprint density at radius 3 is 2.52 bits per heavy atom. The molecule has 2 aromatic heterocycles. The second-order valence-electron chi connectivity index (χ2n) is 5.53. The third-order valence-corrected chi connectivity index (χ3v) is 3.03. The fourth-order valence-electron chi connectivity index (χ4n) is 2.00. The van der Waals surface area contributed by atoms with Crippen LogP contribution in [0.3, 0.4) is 0 Å². The summed E-state index contributed by atoms with van der Waals surface area (Å²) in [4.78, 5) is 27.8. The van der Waals surface area contributed by atoms with Gasteiger partial charge < -0.3 is 9.09 Å². The second kappa shape index (κ2) is 6.01. The molecule has 0 saturated heterocycles. The minimum absolute atomic E-state index is 0.0980. The molecule has 0 bridgehead atoms. The summed E-state index contributed by atoms with van der Waals surface area (Å²) in [5, 5.41) is 3.67. The van der Waals surface area contributed by atoms with Gasteiger partial charge in [-0.2, -0.15) is 18.2 Å². The zero-order valence-corrected chi connectivity index (χ0v) is 12.7. The number of halogens is 3. The van der Waals surface area contributed by atoms with Crippen molar-refractivity contribution in [1.29, 1.82) is 0 Å². The van der Waals surface area contributed by atoms with E-state index in [2.05, 4.69) is 10.1 Å². The SMILES string of the molecule is CC(C)Cc1noc(Cn2c(=O)c(C(F)(F)F)cn(C)c2=O)n1. The Bertz CT molecular complexity index is 817. The fraction of sp³-hybridized carbons (Fsp3) is 0.538. The maximum absolute atomic E-state index is 12.8. The third-order valence-electron chi connectivity index (χ3n) is 3.03. The van der Waals surface area contributed by atoms with E-state index < -0.39 is 29.5 Å². The summed E-state index contributed by atoms with van der Waals surface area (Å²) in [7, 11) is 1.13. The molecule has 0 saturated carbocycles. The molecule has 0 aliphatic carbocycles. The van der Waals surface area contributed by atoms with E-state index in [4.69, 9.17) is 4.52 Å². The van der Waals surface area contributed by atoms with Crippen LogP contribution >= 0.6 is 0 Å². The van der Waals surface area contributed by atoms with Crippen molar-refractivity contribution in [3.63, 3.8) is 0 Å². The highest BCUT2D eigenvalue weighted by Crippen LogP contribution is 2.25. The van der Waals surface area contributed by atoms with E-state index in [0.29, 0.717) is 27.6 Å². The highest BCUT2D eigenvalue weighted by atomic mass is 19.4. The maximum Gasteiger partial charge on any atom is 0.423 e. The van der Waals surface area contributed by atoms with E-state index >= 15 is 0 Å². The Kier molecular flexibility index (Phi) is 4.44. The topological polar surface area (TPSA) is 82.9 Å². The van der Waals surface area contributed by atoms with Gasteiger partial charge in [-0.05, 0) is 5.92 Å². The lowest BCUT2D eigenvalue weighted by Crippen LogP contribution is -2.42. The van der Waals surface area contributed by atoms with Crippen molar-refractivity contribution >= 4 is 0 Å². The summed E-state index contributed by atoms with van der Waals surface area (Å²) in [5.74, 6) is 0.524. The van der Waals surface area contributed by atoms with Crippen molar-refractivity contribution in [1.82, 2.24) is 19.3 Å². The van der Waals surface area contributed by atoms with Gasteiger partial charge in [-0.25, -0.2) is 4.79 Å². The van der Waals surface area contributed by atoms with Crippen LogP contribution in [0.5, 0.6) is 0 Å². The van der Waals surface area contributed by atoms with E-state index in [1.165, 1.54) is 0 Å². The van der Waals surface area contributed by atoms with E-state index in [-0.39, 0.29) is 11.8 Å². The van der Waals surface area contributed by atoms with Gasteiger partial charge in [0.25, 0.3) is 5.56 Å². The quantitative estimate of drug-likeness (QED) is 0.840. The predicted octanol–water partition coefficient (Wildman–Crippen LogP) is 1.20. The largest absolute Gasteiger partial charge is 0.423 e. The molecule has 10 heteroatoms. The van der Waals surface area contributed by atoms with Crippen LogP contribution in [-0.4, -0.2) is 19.3 Å². The number of aromatic nitrogens is 4. The van der Waals surface area contributed by atoms with Crippen molar-refractivity contribution in [2.45, 2.75) is 33.0 Å². The summed E-state index contributed by atoms with van der Waals surface area (Å²) in [6.45, 7) is 3.35. The molecule has 0 aromatic carbocycles. The molecular weight excluding hydrogens is 317 g/mol. The average Bonchev–Trinajstić information content (AvgIpc) is 2.84. The molecule has 126 valence electrons. The second-order valence-corrected chi connectivity index (χ2v) is 5.53. The van der Waals surface area contributed by atoms with Gasteiger partial charge in [0.05, 0.1) is 0 Å². The average molecular weight is 332 g/mol. The number of rotatable bonds is 4. The zero-order chi connectivity index (χ0) is 17.4. The molecule has 0 amide bonds. The summed E-state index contributed by atoms with van der Waals surface area (Å²) >= 11 is 0. The Morgan fingerprint density at radius 1 is 1.30 bits per heavy atom. The van der Waals surface area contributed by atoms with Crippen LogP contribution < -0.4 is 11.2 Å². The van der Waals surface area contributed by atoms with E-state index in [0.717, 1.165) is 7.05 Å². The molecule has 0 atom stereocenters. The maximum atomic E-state index is 12.8. The molecule has 2 rings (SSSR count). The molecular formula is C13H15F3N4O3. The molecule has 0 fully saturated rings. The van der Waals surface area contributed by atoms with Crippen LogP contribution in [0.25, 0.3) is 0 Å². The lowest BCUT2D eigenvalue weighted by molar-refractivity contribution is -0.139. The van der Waals surface area contributed by atoms with Gasteiger partial charge in [0.15, 0.2) is 5.82 Å². The van der Waals surface area contributed by atoms with Crippen LogP contribution in [0.4, 0.5) is 13.2 Å². The normalized spacial score (nSPS) is 12.1. The summed E-state index contributed by atoms with van der Waals surface area (Å²) in [5.41, 5.74) is -3.77. The fourth-order valence-corrected chi connectivity index (χ4v) is 2.00. The van der Waals surface area contributed by atoms with Crippen molar-refractivity contribution in [3.8, 4) is 0 Å². The van der Waals surface area contributed by atoms with Crippen molar-refractivity contribution in [2.75, 3.05) is 0 Å². The molecule has 0 aliphatic heterocycles. The minimum atomic E-state index is -4.86. The first-order valence-corrected chi connectivity index (χ1v) is 6.78. The lowest BCUT2D eigenvalue weighted by Gasteiger charge is -2.10. The monoisotopic (exact) mass is 332 g/mol. The van der Waals surface area contributed by atoms with Gasteiger partial charge in [-0.3, -0.25) is 9.36 Å². The van der Waals surface area contributed by atoms with Crippen LogP contribution in [0, 0.1) is 5.92 Å². The van der Waals surface area contributed by atoms with Gasteiger partial charge in [0.1, 0.15) is 12.1 Å². The minimum Gasteiger partial charge on any atom is -0.337 e. The number of nitrogens with zero attached hydrogens (tertiary/aromatic N) is 4. The first-order chi connectivity index (χ1) is 10.6. The summed E-state index contributed by atoms with van der Waals surface area (Å²) in [6.07, 6.45) is -3.87. The molecule has 23 heavy (non-hydrogen) atoms. The Labute approximate surface area is 128 Å². The molecule has 0 unspecified atom stereocenters.